The number of rotatable bonds is 5. The quantitative estimate of drug-likeness (QED) is 0.412. The van der Waals surface area contributed by atoms with Crippen LogP contribution in [-0.4, -0.2) is 11.9 Å². The Morgan fingerprint density at radius 2 is 1.43 bits per heavy atom. The highest BCUT2D eigenvalue weighted by Gasteiger charge is 2.34. The van der Waals surface area contributed by atoms with Crippen molar-refractivity contribution in [2.45, 2.75) is 6.61 Å². The Bertz CT molecular complexity index is 1110. The van der Waals surface area contributed by atoms with Crippen molar-refractivity contribution in [1.82, 2.24) is 5.32 Å². The summed E-state index contributed by atoms with van der Waals surface area (Å²) in [5, 5.41) is 3.81. The van der Waals surface area contributed by atoms with E-state index in [0.717, 1.165) is 16.0 Å². The van der Waals surface area contributed by atoms with Gasteiger partial charge in [-0.15, -0.1) is 0 Å². The summed E-state index contributed by atoms with van der Waals surface area (Å²) in [7, 11) is 0. The van der Waals surface area contributed by atoms with E-state index in [-0.39, 0.29) is 5.70 Å². The van der Waals surface area contributed by atoms with Gasteiger partial charge in [0.2, 0.25) is 0 Å². The van der Waals surface area contributed by atoms with Crippen LogP contribution < -0.4 is 15.0 Å². The molecule has 3 aromatic carbocycles. The van der Waals surface area contributed by atoms with E-state index in [1.807, 2.05) is 36.4 Å². The third-order valence-corrected chi connectivity index (χ3v) is 4.98. The average Bonchev–Trinajstić information content (AvgIpc) is 3.02. The van der Waals surface area contributed by atoms with Gasteiger partial charge in [-0.05, 0) is 65.7 Å². The smallest absolute Gasteiger partial charge is 0.333 e. The number of nitrogens with zero attached hydrogens (tertiary/aromatic N) is 1. The number of carbonyl (C=O) groups excluding carboxylic acids is 2. The summed E-state index contributed by atoms with van der Waals surface area (Å²) < 4.78 is 5.76. The Labute approximate surface area is 183 Å². The van der Waals surface area contributed by atoms with Gasteiger partial charge in [-0.3, -0.25) is 4.79 Å². The summed E-state index contributed by atoms with van der Waals surface area (Å²) in [6, 6.07) is 20.7. The molecule has 3 aromatic rings. The topological polar surface area (TPSA) is 58.6 Å². The Balaban J connectivity index is 1.44. The summed E-state index contributed by atoms with van der Waals surface area (Å²) in [5.74, 6) is 0.266. The van der Waals surface area contributed by atoms with Gasteiger partial charge in [-0.2, -0.15) is 0 Å². The third kappa shape index (κ3) is 4.48. The van der Waals surface area contributed by atoms with Crippen molar-refractivity contribution in [1.29, 1.82) is 0 Å². The van der Waals surface area contributed by atoms with Crippen LogP contribution in [0.2, 0.25) is 10.0 Å². The van der Waals surface area contributed by atoms with Gasteiger partial charge in [0.05, 0.1) is 5.69 Å². The zero-order valence-corrected chi connectivity index (χ0v) is 17.2. The molecule has 7 heteroatoms. The maximum atomic E-state index is 12.7. The van der Waals surface area contributed by atoms with Crippen molar-refractivity contribution in [3.8, 4) is 5.75 Å². The van der Waals surface area contributed by atoms with Gasteiger partial charge in [0, 0.05) is 10.0 Å². The van der Waals surface area contributed by atoms with E-state index in [2.05, 4.69) is 5.32 Å². The molecule has 1 fully saturated rings. The number of carbonyl (C=O) groups is 2. The lowest BCUT2D eigenvalue weighted by Crippen LogP contribution is -2.30. The van der Waals surface area contributed by atoms with Crippen molar-refractivity contribution < 1.29 is 14.3 Å². The number of imide groups is 1. The number of urea groups is 1. The zero-order valence-electron chi connectivity index (χ0n) is 15.6. The molecular formula is C23H16Cl2N2O3. The highest BCUT2D eigenvalue weighted by molar-refractivity contribution is 6.31. The summed E-state index contributed by atoms with van der Waals surface area (Å²) in [6.45, 7) is 0.419. The summed E-state index contributed by atoms with van der Waals surface area (Å²) in [5.41, 5.74) is 2.42. The monoisotopic (exact) mass is 438 g/mol. The summed E-state index contributed by atoms with van der Waals surface area (Å²) in [4.78, 5) is 26.0. The highest BCUT2D eigenvalue weighted by atomic mass is 35.5. The van der Waals surface area contributed by atoms with Crippen molar-refractivity contribution in [2.75, 3.05) is 4.90 Å². The van der Waals surface area contributed by atoms with E-state index >= 15 is 0 Å². The first-order valence-electron chi connectivity index (χ1n) is 9.09. The number of nitrogens with one attached hydrogen (secondary N) is 1. The lowest BCUT2D eigenvalue weighted by atomic mass is 10.2. The number of halogens is 2. The van der Waals surface area contributed by atoms with E-state index in [4.69, 9.17) is 27.9 Å². The number of amides is 3. The lowest BCUT2D eigenvalue weighted by molar-refractivity contribution is -0.113. The van der Waals surface area contributed by atoms with Crippen molar-refractivity contribution >= 4 is 46.9 Å². The van der Waals surface area contributed by atoms with Crippen LogP contribution in [0.3, 0.4) is 0 Å². The standard InChI is InChI=1S/C23H16Cl2N2O3/c24-17-5-1-16(2-6-17)14-30-20-11-3-15(4-12-20)13-21-22(28)27(23(29)26-21)19-9-7-18(25)8-10-19/h1-13H,14H2,(H,26,29)/b21-13+. The molecular weight excluding hydrogens is 423 g/mol. The van der Waals surface area contributed by atoms with Crippen LogP contribution in [0.5, 0.6) is 5.75 Å². The Kier molecular flexibility index (Phi) is 5.74. The highest BCUT2D eigenvalue weighted by Crippen LogP contribution is 2.24. The van der Waals surface area contributed by atoms with Crippen LogP contribution in [0.25, 0.3) is 6.08 Å². The molecule has 0 unspecified atom stereocenters. The second-order valence-electron chi connectivity index (χ2n) is 6.59. The number of benzene rings is 3. The largest absolute Gasteiger partial charge is 0.489 e. The molecule has 0 bridgehead atoms. The SMILES string of the molecule is O=C1N/C(=C/c2ccc(OCc3ccc(Cl)cc3)cc2)C(=O)N1c1ccc(Cl)cc1. The maximum absolute atomic E-state index is 12.7. The third-order valence-electron chi connectivity index (χ3n) is 4.47. The molecule has 150 valence electrons. The fourth-order valence-electron chi connectivity index (χ4n) is 2.93. The molecule has 4 rings (SSSR count). The van der Waals surface area contributed by atoms with Crippen LogP contribution in [0.15, 0.2) is 78.5 Å². The minimum atomic E-state index is -0.503. The van der Waals surface area contributed by atoms with Crippen LogP contribution >= 0.6 is 23.2 Å². The van der Waals surface area contributed by atoms with Gasteiger partial charge in [0.1, 0.15) is 18.1 Å². The molecule has 0 aliphatic carbocycles. The minimum Gasteiger partial charge on any atom is -0.489 e. The van der Waals surface area contributed by atoms with Crippen LogP contribution in [0.4, 0.5) is 10.5 Å². The Hall–Kier alpha value is -3.28. The Morgan fingerprint density at radius 3 is 2.07 bits per heavy atom. The predicted molar refractivity (Wildman–Crippen MR) is 118 cm³/mol. The molecule has 1 aliphatic heterocycles. The van der Waals surface area contributed by atoms with Gasteiger partial charge >= 0.3 is 6.03 Å². The molecule has 1 saturated heterocycles. The molecule has 0 radical (unpaired) electrons. The molecule has 30 heavy (non-hydrogen) atoms. The molecule has 1 aliphatic rings. The van der Waals surface area contributed by atoms with Gasteiger partial charge in [-0.1, -0.05) is 47.5 Å². The first kappa shape index (κ1) is 20.0. The molecule has 0 saturated carbocycles. The van der Waals surface area contributed by atoms with Crippen molar-refractivity contribution in [3.05, 3.63) is 99.7 Å². The first-order chi connectivity index (χ1) is 14.5. The molecule has 3 amide bonds. The fraction of sp³-hybridized carbons (Fsp3) is 0.0435. The zero-order chi connectivity index (χ0) is 21.1. The number of ether oxygens (including phenoxy) is 1. The van der Waals surface area contributed by atoms with Crippen LogP contribution in [0, 0.1) is 0 Å². The summed E-state index contributed by atoms with van der Waals surface area (Å²) in [6.07, 6.45) is 1.62. The van der Waals surface area contributed by atoms with Crippen molar-refractivity contribution in [3.63, 3.8) is 0 Å². The van der Waals surface area contributed by atoms with Crippen molar-refractivity contribution in [2.24, 2.45) is 0 Å². The second kappa shape index (κ2) is 8.61. The number of hydrogen-bond donors (Lipinski definition) is 1. The van der Waals surface area contributed by atoms with E-state index in [1.54, 1.807) is 42.5 Å². The molecule has 0 atom stereocenters. The van der Waals surface area contributed by atoms with E-state index in [0.29, 0.717) is 28.1 Å². The lowest BCUT2D eigenvalue weighted by Gasteiger charge is -2.11. The predicted octanol–water partition coefficient (Wildman–Crippen LogP) is 5.67. The number of hydrogen-bond acceptors (Lipinski definition) is 3. The average molecular weight is 439 g/mol. The van der Waals surface area contributed by atoms with E-state index in [9.17, 15) is 9.59 Å². The maximum Gasteiger partial charge on any atom is 0.333 e. The molecule has 5 nitrogen and oxygen atoms in total. The normalized spacial score (nSPS) is 14.9. The van der Waals surface area contributed by atoms with Gasteiger partial charge in [0.25, 0.3) is 5.91 Å². The number of anilines is 1. The minimum absolute atomic E-state index is 0.199. The van der Waals surface area contributed by atoms with Gasteiger partial charge < -0.3 is 10.1 Å². The molecule has 0 aromatic heterocycles. The molecule has 1 heterocycles. The van der Waals surface area contributed by atoms with E-state index < -0.39 is 11.9 Å². The van der Waals surface area contributed by atoms with Crippen LogP contribution in [-0.2, 0) is 11.4 Å². The van der Waals surface area contributed by atoms with E-state index in [1.165, 1.54) is 0 Å². The van der Waals surface area contributed by atoms with Gasteiger partial charge in [0.15, 0.2) is 0 Å². The molecule has 1 N–H and O–H groups in total. The molecule has 0 spiro atoms. The second-order valence-corrected chi connectivity index (χ2v) is 7.46. The van der Waals surface area contributed by atoms with Crippen LogP contribution in [0.1, 0.15) is 11.1 Å². The first-order valence-corrected chi connectivity index (χ1v) is 9.85. The van der Waals surface area contributed by atoms with Gasteiger partial charge in [-0.25, -0.2) is 9.69 Å². The Morgan fingerprint density at radius 1 is 0.833 bits per heavy atom. The summed E-state index contributed by atoms with van der Waals surface area (Å²) >= 11 is 11.8. The fourth-order valence-corrected chi connectivity index (χ4v) is 3.19.